The summed E-state index contributed by atoms with van der Waals surface area (Å²) in [7, 11) is 1.82. The second-order valence-electron chi connectivity index (χ2n) is 5.80. The Kier molecular flexibility index (Phi) is 6.04. The summed E-state index contributed by atoms with van der Waals surface area (Å²) in [5, 5.41) is 3.37. The molecule has 0 amide bonds. The molecule has 0 saturated heterocycles. The third-order valence-corrected chi connectivity index (χ3v) is 4.15. The van der Waals surface area contributed by atoms with E-state index in [1.807, 2.05) is 19.2 Å². The molecule has 5 nitrogen and oxygen atoms in total. The Morgan fingerprint density at radius 1 is 1.24 bits per heavy atom. The number of benzene rings is 1. The van der Waals surface area contributed by atoms with E-state index < -0.39 is 0 Å². The van der Waals surface area contributed by atoms with Gasteiger partial charge in [0, 0.05) is 26.3 Å². The molecule has 2 aromatic rings. The van der Waals surface area contributed by atoms with Gasteiger partial charge in [0.2, 0.25) is 0 Å². The number of hydrogen-bond donors (Lipinski definition) is 1. The number of rotatable bonds is 5. The first-order chi connectivity index (χ1) is 12.4. The molecule has 1 aliphatic rings. The summed E-state index contributed by atoms with van der Waals surface area (Å²) in [4.78, 5) is 10.7. The van der Waals surface area contributed by atoms with Gasteiger partial charge in [0.25, 0.3) is 0 Å². The van der Waals surface area contributed by atoms with Crippen molar-refractivity contribution in [3.8, 4) is 5.75 Å². The summed E-state index contributed by atoms with van der Waals surface area (Å²) >= 11 is 0. The predicted molar refractivity (Wildman–Crippen MR) is 102 cm³/mol. The lowest BCUT2D eigenvalue weighted by Gasteiger charge is -2.29. The van der Waals surface area contributed by atoms with Crippen LogP contribution in [0.25, 0.3) is 5.57 Å². The normalized spacial score (nSPS) is 14.8. The van der Waals surface area contributed by atoms with Gasteiger partial charge in [-0.05, 0) is 29.7 Å². The number of guanidine groups is 1. The van der Waals surface area contributed by atoms with Crippen molar-refractivity contribution in [1.82, 2.24) is 15.2 Å². The lowest BCUT2D eigenvalue weighted by Crippen LogP contribution is -2.44. The van der Waals surface area contributed by atoms with Crippen molar-refractivity contribution >= 4 is 11.5 Å². The minimum Gasteiger partial charge on any atom is -0.490 e. The van der Waals surface area contributed by atoms with Crippen LogP contribution < -0.4 is 10.1 Å². The van der Waals surface area contributed by atoms with Crippen LogP contribution in [0.15, 0.2) is 65.9 Å². The molecular weight excluding hydrogens is 312 g/mol. The molecule has 0 unspecified atom stereocenters. The van der Waals surface area contributed by atoms with Crippen molar-refractivity contribution in [3.05, 3.63) is 66.5 Å². The maximum Gasteiger partial charge on any atom is 0.194 e. The van der Waals surface area contributed by atoms with Gasteiger partial charge < -0.3 is 15.0 Å². The van der Waals surface area contributed by atoms with Crippen LogP contribution in [-0.2, 0) is 0 Å². The summed E-state index contributed by atoms with van der Waals surface area (Å²) in [6, 6.07) is 14.3. The number of aliphatic imine (C=N–C) groups is 1. The summed E-state index contributed by atoms with van der Waals surface area (Å²) in [6.45, 7) is 3.11. The first kappa shape index (κ1) is 17.0. The van der Waals surface area contributed by atoms with Crippen LogP contribution in [-0.4, -0.2) is 49.1 Å². The molecule has 0 saturated carbocycles. The van der Waals surface area contributed by atoms with Crippen LogP contribution in [0, 0.1) is 0 Å². The van der Waals surface area contributed by atoms with Crippen LogP contribution >= 0.6 is 0 Å². The third kappa shape index (κ3) is 4.83. The van der Waals surface area contributed by atoms with Crippen molar-refractivity contribution < 1.29 is 4.74 Å². The molecule has 0 fully saturated rings. The Morgan fingerprint density at radius 3 is 2.80 bits per heavy atom. The quantitative estimate of drug-likeness (QED) is 0.518. The van der Waals surface area contributed by atoms with Crippen molar-refractivity contribution in [1.29, 1.82) is 0 Å². The predicted octanol–water partition coefficient (Wildman–Crippen LogP) is 2.83. The van der Waals surface area contributed by atoms with E-state index >= 15 is 0 Å². The first-order valence-electron chi connectivity index (χ1n) is 8.59. The van der Waals surface area contributed by atoms with E-state index in [1.54, 1.807) is 12.4 Å². The van der Waals surface area contributed by atoms with Gasteiger partial charge in [0.15, 0.2) is 5.96 Å². The molecule has 1 aromatic heterocycles. The van der Waals surface area contributed by atoms with Crippen molar-refractivity contribution in [2.45, 2.75) is 6.42 Å². The minimum absolute atomic E-state index is 0.573. The maximum atomic E-state index is 5.65. The highest BCUT2D eigenvalue weighted by Crippen LogP contribution is 2.21. The van der Waals surface area contributed by atoms with Gasteiger partial charge in [-0.2, -0.15) is 0 Å². The Hall–Kier alpha value is -2.82. The zero-order chi connectivity index (χ0) is 17.3. The van der Waals surface area contributed by atoms with Crippen LogP contribution in [0.1, 0.15) is 12.0 Å². The number of pyridine rings is 1. The molecule has 3 rings (SSSR count). The molecule has 0 spiro atoms. The molecule has 1 aromatic carbocycles. The van der Waals surface area contributed by atoms with Gasteiger partial charge in [-0.3, -0.25) is 9.98 Å². The van der Waals surface area contributed by atoms with Crippen LogP contribution in [0.4, 0.5) is 0 Å². The topological polar surface area (TPSA) is 49.8 Å². The number of nitrogens with one attached hydrogen (secondary N) is 1. The molecule has 0 aliphatic carbocycles. The second-order valence-corrected chi connectivity index (χ2v) is 5.80. The fourth-order valence-electron chi connectivity index (χ4n) is 2.87. The zero-order valence-corrected chi connectivity index (χ0v) is 14.6. The van der Waals surface area contributed by atoms with Gasteiger partial charge >= 0.3 is 0 Å². The Balaban J connectivity index is 1.47. The van der Waals surface area contributed by atoms with E-state index in [-0.39, 0.29) is 0 Å². The van der Waals surface area contributed by atoms with E-state index in [9.17, 15) is 0 Å². The van der Waals surface area contributed by atoms with Gasteiger partial charge in [-0.15, -0.1) is 0 Å². The monoisotopic (exact) mass is 336 g/mol. The molecule has 0 radical (unpaired) electrons. The zero-order valence-electron chi connectivity index (χ0n) is 14.6. The van der Waals surface area contributed by atoms with E-state index in [4.69, 9.17) is 4.74 Å². The van der Waals surface area contributed by atoms with Crippen molar-refractivity contribution in [2.75, 3.05) is 33.3 Å². The third-order valence-electron chi connectivity index (χ3n) is 4.15. The minimum atomic E-state index is 0.573. The summed E-state index contributed by atoms with van der Waals surface area (Å²) in [5.74, 6) is 1.70. The standard InChI is InChI=1S/C20H24N4O/c1-21-20(23-12-15-25-19-8-5-11-22-16-19)24-13-9-18(10-14-24)17-6-3-2-4-7-17/h2-9,11,16H,10,12-15H2,1H3,(H,21,23). The van der Waals surface area contributed by atoms with E-state index in [0.29, 0.717) is 13.2 Å². The molecule has 0 atom stereocenters. The molecule has 2 heterocycles. The first-order valence-corrected chi connectivity index (χ1v) is 8.59. The highest BCUT2D eigenvalue weighted by atomic mass is 16.5. The lowest BCUT2D eigenvalue weighted by atomic mass is 10.00. The van der Waals surface area contributed by atoms with Crippen LogP contribution in [0.3, 0.4) is 0 Å². The Bertz CT molecular complexity index is 713. The van der Waals surface area contributed by atoms with E-state index in [0.717, 1.165) is 31.2 Å². The number of nitrogens with zero attached hydrogens (tertiary/aromatic N) is 3. The van der Waals surface area contributed by atoms with Crippen molar-refractivity contribution in [2.24, 2.45) is 4.99 Å². The molecule has 1 N–H and O–H groups in total. The van der Waals surface area contributed by atoms with Gasteiger partial charge in [0.1, 0.15) is 12.4 Å². The van der Waals surface area contributed by atoms with Gasteiger partial charge in [-0.1, -0.05) is 36.4 Å². The average Bonchev–Trinajstić information content (AvgIpc) is 2.70. The lowest BCUT2D eigenvalue weighted by molar-refractivity contribution is 0.317. The maximum absolute atomic E-state index is 5.65. The van der Waals surface area contributed by atoms with Crippen molar-refractivity contribution in [3.63, 3.8) is 0 Å². The Labute approximate surface area is 149 Å². The van der Waals surface area contributed by atoms with Crippen LogP contribution in [0.5, 0.6) is 5.75 Å². The fraction of sp³-hybridized carbons (Fsp3) is 0.300. The molecule has 0 bridgehead atoms. The van der Waals surface area contributed by atoms with E-state index in [1.165, 1.54) is 11.1 Å². The second kappa shape index (κ2) is 8.87. The average molecular weight is 336 g/mol. The van der Waals surface area contributed by atoms with E-state index in [2.05, 4.69) is 56.6 Å². The highest BCUT2D eigenvalue weighted by Gasteiger charge is 2.15. The summed E-state index contributed by atoms with van der Waals surface area (Å²) in [5.41, 5.74) is 2.72. The highest BCUT2D eigenvalue weighted by molar-refractivity contribution is 5.81. The largest absolute Gasteiger partial charge is 0.490 e. The smallest absolute Gasteiger partial charge is 0.194 e. The summed E-state index contributed by atoms with van der Waals surface area (Å²) < 4.78 is 5.65. The summed E-state index contributed by atoms with van der Waals surface area (Å²) in [6.07, 6.45) is 6.77. The van der Waals surface area contributed by atoms with Gasteiger partial charge in [-0.25, -0.2) is 0 Å². The molecule has 25 heavy (non-hydrogen) atoms. The number of hydrogen-bond acceptors (Lipinski definition) is 3. The van der Waals surface area contributed by atoms with Gasteiger partial charge in [0.05, 0.1) is 12.7 Å². The Morgan fingerprint density at radius 2 is 2.12 bits per heavy atom. The number of ether oxygens (including phenoxy) is 1. The fourth-order valence-corrected chi connectivity index (χ4v) is 2.87. The van der Waals surface area contributed by atoms with Crippen LogP contribution in [0.2, 0.25) is 0 Å². The molecule has 1 aliphatic heterocycles. The molecular formula is C20H24N4O. The number of aromatic nitrogens is 1. The molecule has 5 heteroatoms. The SMILES string of the molecule is CN=C(NCCOc1cccnc1)N1CC=C(c2ccccc2)CC1. The molecule has 130 valence electrons.